The van der Waals surface area contributed by atoms with Crippen LogP contribution in [0.25, 0.3) is 11.3 Å². The number of aryl methyl sites for hydroxylation is 1. The lowest BCUT2D eigenvalue weighted by atomic mass is 10.1. The van der Waals surface area contributed by atoms with Crippen LogP contribution in [0.4, 0.5) is 4.39 Å². The molecule has 0 amide bonds. The van der Waals surface area contributed by atoms with Crippen molar-refractivity contribution in [3.8, 4) is 11.3 Å². The van der Waals surface area contributed by atoms with Gasteiger partial charge in [0, 0.05) is 23.6 Å². The van der Waals surface area contributed by atoms with Gasteiger partial charge in [-0.3, -0.25) is 0 Å². The summed E-state index contributed by atoms with van der Waals surface area (Å²) < 4.78 is 16.8. The van der Waals surface area contributed by atoms with Gasteiger partial charge in [0.2, 0.25) is 0 Å². The van der Waals surface area contributed by atoms with E-state index in [1.165, 1.54) is 6.07 Å². The monoisotopic (exact) mass is 311 g/mol. The molecule has 0 aliphatic carbocycles. The molecule has 1 heterocycles. The van der Waals surface area contributed by atoms with Crippen molar-refractivity contribution < 1.29 is 4.39 Å². The van der Waals surface area contributed by atoms with Gasteiger partial charge in [0.25, 0.3) is 0 Å². The highest BCUT2D eigenvalue weighted by Gasteiger charge is 2.17. The molecule has 1 aromatic carbocycles. The van der Waals surface area contributed by atoms with Gasteiger partial charge in [-0.05, 0) is 32.2 Å². The predicted molar refractivity (Wildman–Crippen MR) is 73.8 cm³/mol. The third kappa shape index (κ3) is 2.33. The lowest BCUT2D eigenvalue weighted by molar-refractivity contribution is 0.628. The minimum atomic E-state index is -0.237. The van der Waals surface area contributed by atoms with E-state index in [1.54, 1.807) is 12.1 Å². The quantitative estimate of drug-likeness (QED) is 0.944. The number of benzene rings is 1. The summed E-state index contributed by atoms with van der Waals surface area (Å²) in [7, 11) is 3.75. The second-order valence-electron chi connectivity index (χ2n) is 4.17. The maximum atomic E-state index is 14.0. The van der Waals surface area contributed by atoms with Gasteiger partial charge < -0.3 is 9.88 Å². The molecule has 0 saturated heterocycles. The number of nitrogens with zero attached hydrogens (tertiary/aromatic N) is 2. The molecule has 0 unspecified atom stereocenters. The number of imidazole rings is 1. The number of hydrogen-bond acceptors (Lipinski definition) is 2. The molecule has 2 rings (SSSR count). The average molecular weight is 312 g/mol. The van der Waals surface area contributed by atoms with Crippen molar-refractivity contribution in [3.05, 3.63) is 40.0 Å². The third-order valence-corrected chi connectivity index (χ3v) is 3.41. The Bertz CT molecular complexity index is 578. The number of aromatic nitrogens is 2. The first-order valence-electron chi connectivity index (χ1n) is 5.66. The first-order chi connectivity index (χ1) is 8.54. The van der Waals surface area contributed by atoms with E-state index >= 15 is 0 Å². The van der Waals surface area contributed by atoms with Crippen LogP contribution >= 0.6 is 15.9 Å². The van der Waals surface area contributed by atoms with Crippen LogP contribution in [0.3, 0.4) is 0 Å². The Balaban J connectivity index is 2.65. The largest absolute Gasteiger partial charge is 0.331 e. The van der Waals surface area contributed by atoms with Gasteiger partial charge in [0.05, 0.1) is 11.4 Å². The zero-order valence-electron chi connectivity index (χ0n) is 10.6. The van der Waals surface area contributed by atoms with Crippen molar-refractivity contribution in [2.75, 3.05) is 7.05 Å². The Kier molecular flexibility index (Phi) is 3.82. The fourth-order valence-electron chi connectivity index (χ4n) is 1.98. The number of nitrogens with one attached hydrogen (secondary N) is 1. The van der Waals surface area contributed by atoms with E-state index in [4.69, 9.17) is 0 Å². The fraction of sp³-hybridized carbons (Fsp3) is 0.308. The molecule has 18 heavy (non-hydrogen) atoms. The molecular weight excluding hydrogens is 297 g/mol. The van der Waals surface area contributed by atoms with Gasteiger partial charge in [0.1, 0.15) is 11.6 Å². The van der Waals surface area contributed by atoms with Crippen LogP contribution in [-0.2, 0) is 13.6 Å². The van der Waals surface area contributed by atoms with Gasteiger partial charge in [-0.1, -0.05) is 15.9 Å². The summed E-state index contributed by atoms with van der Waals surface area (Å²) in [5.41, 5.74) is 2.24. The third-order valence-electron chi connectivity index (χ3n) is 2.92. The van der Waals surface area contributed by atoms with Crippen LogP contribution in [0.1, 0.15) is 11.5 Å². The van der Waals surface area contributed by atoms with Gasteiger partial charge in [-0.15, -0.1) is 0 Å². The fourth-order valence-corrected chi connectivity index (χ4v) is 2.35. The van der Waals surface area contributed by atoms with Crippen molar-refractivity contribution in [1.29, 1.82) is 0 Å². The zero-order valence-corrected chi connectivity index (χ0v) is 12.2. The van der Waals surface area contributed by atoms with Crippen molar-refractivity contribution in [2.24, 2.45) is 7.05 Å². The van der Waals surface area contributed by atoms with Crippen molar-refractivity contribution >= 4 is 15.9 Å². The molecule has 0 bridgehead atoms. The summed E-state index contributed by atoms with van der Waals surface area (Å²) in [5.74, 6) is 0.633. The normalized spacial score (nSPS) is 10.9. The Hall–Kier alpha value is -1.20. The maximum Gasteiger partial charge on any atom is 0.132 e. The summed E-state index contributed by atoms with van der Waals surface area (Å²) in [4.78, 5) is 4.47. The van der Waals surface area contributed by atoms with Crippen molar-refractivity contribution in [3.63, 3.8) is 0 Å². The van der Waals surface area contributed by atoms with Crippen LogP contribution in [0.15, 0.2) is 22.7 Å². The Morgan fingerprint density at radius 3 is 2.83 bits per heavy atom. The lowest BCUT2D eigenvalue weighted by Crippen LogP contribution is -2.07. The molecule has 0 spiro atoms. The Morgan fingerprint density at radius 1 is 1.44 bits per heavy atom. The first-order valence-corrected chi connectivity index (χ1v) is 6.46. The summed E-state index contributed by atoms with van der Waals surface area (Å²) >= 11 is 3.38. The maximum absolute atomic E-state index is 14.0. The molecule has 0 saturated carbocycles. The molecule has 0 fully saturated rings. The minimum Gasteiger partial charge on any atom is -0.331 e. The van der Waals surface area contributed by atoms with E-state index in [1.807, 2.05) is 25.6 Å². The van der Waals surface area contributed by atoms with Crippen LogP contribution in [0.2, 0.25) is 0 Å². The Labute approximate surface area is 114 Å². The van der Waals surface area contributed by atoms with Crippen molar-refractivity contribution in [1.82, 2.24) is 14.9 Å². The predicted octanol–water partition coefficient (Wildman–Crippen LogP) is 3.02. The van der Waals surface area contributed by atoms with E-state index in [0.717, 1.165) is 21.7 Å². The summed E-state index contributed by atoms with van der Waals surface area (Å²) in [5, 5.41) is 3.06. The second-order valence-corrected chi connectivity index (χ2v) is 5.08. The summed E-state index contributed by atoms with van der Waals surface area (Å²) in [6.07, 6.45) is 0. The molecule has 0 aliphatic rings. The van der Waals surface area contributed by atoms with Crippen molar-refractivity contribution in [2.45, 2.75) is 13.5 Å². The first kappa shape index (κ1) is 13.2. The smallest absolute Gasteiger partial charge is 0.132 e. The summed E-state index contributed by atoms with van der Waals surface area (Å²) in [6, 6.07) is 4.94. The topological polar surface area (TPSA) is 29.9 Å². The molecule has 1 N–H and O–H groups in total. The zero-order chi connectivity index (χ0) is 13.3. The SMILES string of the molecule is CNCc1nc(C)n(C)c1-c1cc(Br)ccc1F. The lowest BCUT2D eigenvalue weighted by Gasteiger charge is -2.08. The molecule has 0 radical (unpaired) electrons. The average Bonchev–Trinajstić information content (AvgIpc) is 2.59. The van der Waals surface area contributed by atoms with Gasteiger partial charge in [-0.2, -0.15) is 0 Å². The minimum absolute atomic E-state index is 0.237. The standard InChI is InChI=1S/C13H15BrFN3/c1-8-17-12(7-16-2)13(18(8)3)10-6-9(14)4-5-11(10)15/h4-6,16H,7H2,1-3H3. The Morgan fingerprint density at radius 2 is 2.17 bits per heavy atom. The highest BCUT2D eigenvalue weighted by molar-refractivity contribution is 9.10. The van der Waals surface area contributed by atoms with E-state index in [2.05, 4.69) is 26.2 Å². The molecular formula is C13H15BrFN3. The van der Waals surface area contributed by atoms with Crippen LogP contribution in [0.5, 0.6) is 0 Å². The van der Waals surface area contributed by atoms with Gasteiger partial charge >= 0.3 is 0 Å². The van der Waals surface area contributed by atoms with Gasteiger partial charge in [0.15, 0.2) is 0 Å². The van der Waals surface area contributed by atoms with E-state index in [0.29, 0.717) is 12.1 Å². The number of halogens is 2. The van der Waals surface area contributed by atoms with E-state index < -0.39 is 0 Å². The highest BCUT2D eigenvalue weighted by atomic mass is 79.9. The van der Waals surface area contributed by atoms with E-state index in [-0.39, 0.29) is 5.82 Å². The second kappa shape index (κ2) is 5.20. The van der Waals surface area contributed by atoms with Crippen LogP contribution < -0.4 is 5.32 Å². The van der Waals surface area contributed by atoms with Crippen LogP contribution in [0, 0.1) is 12.7 Å². The van der Waals surface area contributed by atoms with Crippen LogP contribution in [-0.4, -0.2) is 16.6 Å². The number of rotatable bonds is 3. The summed E-state index contributed by atoms with van der Waals surface area (Å²) in [6.45, 7) is 2.53. The van der Waals surface area contributed by atoms with E-state index in [9.17, 15) is 4.39 Å². The number of hydrogen-bond donors (Lipinski definition) is 1. The molecule has 2 aromatic rings. The molecule has 1 aromatic heterocycles. The molecule has 0 aliphatic heterocycles. The highest BCUT2D eigenvalue weighted by Crippen LogP contribution is 2.29. The van der Waals surface area contributed by atoms with Gasteiger partial charge in [-0.25, -0.2) is 9.37 Å². The molecule has 0 atom stereocenters. The molecule has 5 heteroatoms. The molecule has 3 nitrogen and oxygen atoms in total. The molecule has 96 valence electrons.